The van der Waals surface area contributed by atoms with E-state index in [0.717, 1.165) is 0 Å². The molecule has 8 heteroatoms. The number of nitrogens with zero attached hydrogens (tertiary/aromatic N) is 4. The van der Waals surface area contributed by atoms with Crippen LogP contribution >= 0.6 is 11.8 Å². The Morgan fingerprint density at radius 2 is 1.84 bits per heavy atom. The Hall–Kier alpha value is -2.48. The van der Waals surface area contributed by atoms with Crippen LogP contribution in [0.1, 0.15) is 24.7 Å². The maximum atomic E-state index is 14.0. The Morgan fingerprint density at radius 1 is 1.12 bits per heavy atom. The quantitative estimate of drug-likeness (QED) is 0.616. The van der Waals surface area contributed by atoms with E-state index in [9.17, 15) is 8.78 Å². The zero-order valence-corrected chi connectivity index (χ0v) is 14.5. The summed E-state index contributed by atoms with van der Waals surface area (Å²) in [6, 6.07) is 11.1. The molecule has 0 amide bonds. The fourth-order valence-corrected chi connectivity index (χ4v) is 3.41. The van der Waals surface area contributed by atoms with E-state index in [2.05, 4.69) is 15.5 Å². The monoisotopic (exact) mass is 362 g/mol. The van der Waals surface area contributed by atoms with E-state index in [4.69, 9.17) is 4.74 Å². The second kappa shape index (κ2) is 7.60. The number of hydrogen-bond acceptors (Lipinski definition) is 5. The van der Waals surface area contributed by atoms with Crippen molar-refractivity contribution in [1.82, 2.24) is 20.2 Å². The Morgan fingerprint density at radius 3 is 2.56 bits per heavy atom. The largest absolute Gasteiger partial charge is 0.492 e. The first kappa shape index (κ1) is 17.3. The van der Waals surface area contributed by atoms with E-state index in [-0.39, 0.29) is 5.56 Å². The van der Waals surface area contributed by atoms with Gasteiger partial charge in [0.05, 0.1) is 6.61 Å². The molecule has 0 aliphatic carbocycles. The van der Waals surface area contributed by atoms with Gasteiger partial charge in [0.15, 0.2) is 0 Å². The van der Waals surface area contributed by atoms with Crippen molar-refractivity contribution in [3.8, 4) is 11.4 Å². The number of benzene rings is 2. The van der Waals surface area contributed by atoms with Gasteiger partial charge in [-0.25, -0.2) is 8.78 Å². The number of thioether (sulfide) groups is 1. The molecule has 1 aromatic heterocycles. The zero-order chi connectivity index (χ0) is 17.8. The maximum absolute atomic E-state index is 14.0. The molecule has 0 saturated carbocycles. The van der Waals surface area contributed by atoms with Crippen LogP contribution in [0, 0.1) is 11.6 Å². The number of hydrogen-bond donors (Lipinski definition) is 0. The molecule has 0 N–H and O–H groups in total. The van der Waals surface area contributed by atoms with Gasteiger partial charge in [0.25, 0.3) is 0 Å². The number of rotatable bonds is 6. The summed E-state index contributed by atoms with van der Waals surface area (Å²) in [5.74, 6) is -0.550. The molecule has 3 aromatic rings. The van der Waals surface area contributed by atoms with Gasteiger partial charge in [-0.15, -0.1) is 5.10 Å². The first-order chi connectivity index (χ1) is 12.1. The van der Waals surface area contributed by atoms with Crippen LogP contribution in [0.25, 0.3) is 5.69 Å². The third-order valence-corrected chi connectivity index (χ3v) is 4.58. The molecule has 25 heavy (non-hydrogen) atoms. The van der Waals surface area contributed by atoms with Gasteiger partial charge in [0, 0.05) is 10.8 Å². The first-order valence-corrected chi connectivity index (χ1v) is 8.61. The third kappa shape index (κ3) is 3.63. The van der Waals surface area contributed by atoms with Crippen molar-refractivity contribution in [2.45, 2.75) is 24.3 Å². The highest BCUT2D eigenvalue weighted by atomic mass is 32.2. The van der Waals surface area contributed by atoms with Crippen LogP contribution < -0.4 is 4.74 Å². The lowest BCUT2D eigenvalue weighted by atomic mass is 10.1. The standard InChI is InChI=1S/C17H16F2N4OS/c1-3-24-15-10-5-4-9-14(15)23-17(20-21-22-23)25-11(2)16-12(18)7-6-8-13(16)19/h4-11H,3H2,1-2H3. The average molecular weight is 362 g/mol. The highest BCUT2D eigenvalue weighted by molar-refractivity contribution is 7.99. The van der Waals surface area contributed by atoms with Gasteiger partial charge >= 0.3 is 0 Å². The molecule has 0 aliphatic heterocycles. The molecule has 0 saturated heterocycles. The second-order valence-electron chi connectivity index (χ2n) is 5.17. The van der Waals surface area contributed by atoms with Crippen LogP contribution in [0.2, 0.25) is 0 Å². The minimum atomic E-state index is -0.589. The van der Waals surface area contributed by atoms with E-state index in [0.29, 0.717) is 23.2 Å². The molecule has 2 aromatic carbocycles. The topological polar surface area (TPSA) is 52.8 Å². The molecule has 0 aliphatic rings. The number of ether oxygens (including phenoxy) is 1. The molecular formula is C17H16F2N4OS. The molecule has 1 atom stereocenters. The number of aromatic nitrogens is 4. The highest BCUT2D eigenvalue weighted by Gasteiger charge is 2.21. The Kier molecular flexibility index (Phi) is 5.28. The minimum Gasteiger partial charge on any atom is -0.492 e. The zero-order valence-electron chi connectivity index (χ0n) is 13.7. The minimum absolute atomic E-state index is 0.000133. The maximum Gasteiger partial charge on any atom is 0.214 e. The number of para-hydroxylation sites is 2. The van der Waals surface area contributed by atoms with Crippen molar-refractivity contribution in [3.63, 3.8) is 0 Å². The molecule has 0 fully saturated rings. The van der Waals surface area contributed by atoms with Crippen molar-refractivity contribution >= 4 is 11.8 Å². The lowest BCUT2D eigenvalue weighted by molar-refractivity contribution is 0.337. The summed E-state index contributed by atoms with van der Waals surface area (Å²) < 4.78 is 35.1. The number of tetrazole rings is 1. The Labute approximate surface area is 148 Å². The van der Waals surface area contributed by atoms with E-state index in [1.807, 2.05) is 31.2 Å². The summed E-state index contributed by atoms with van der Waals surface area (Å²) in [4.78, 5) is 0. The van der Waals surface area contributed by atoms with Crippen molar-refractivity contribution in [3.05, 3.63) is 59.7 Å². The normalized spacial score (nSPS) is 12.2. The van der Waals surface area contributed by atoms with Gasteiger partial charge in [-0.3, -0.25) is 0 Å². The second-order valence-corrected chi connectivity index (χ2v) is 6.48. The third-order valence-electron chi connectivity index (χ3n) is 3.52. The van der Waals surface area contributed by atoms with Gasteiger partial charge in [-0.05, 0) is 48.5 Å². The highest BCUT2D eigenvalue weighted by Crippen LogP contribution is 2.37. The summed E-state index contributed by atoms with van der Waals surface area (Å²) in [6.45, 7) is 4.09. The van der Waals surface area contributed by atoms with Crippen molar-refractivity contribution < 1.29 is 13.5 Å². The van der Waals surface area contributed by atoms with Crippen LogP contribution in [0.4, 0.5) is 8.78 Å². The molecule has 1 heterocycles. The molecule has 130 valence electrons. The van der Waals surface area contributed by atoms with Crippen molar-refractivity contribution in [1.29, 1.82) is 0 Å². The summed E-state index contributed by atoms with van der Waals surface area (Å²) in [5.41, 5.74) is 0.665. The van der Waals surface area contributed by atoms with Crippen molar-refractivity contribution in [2.75, 3.05) is 6.61 Å². The molecule has 0 bridgehead atoms. The summed E-state index contributed by atoms with van der Waals surface area (Å²) in [5, 5.41) is 11.6. The van der Waals surface area contributed by atoms with Gasteiger partial charge in [-0.2, -0.15) is 4.68 Å². The van der Waals surface area contributed by atoms with Crippen LogP contribution in [0.5, 0.6) is 5.75 Å². The molecule has 3 rings (SSSR count). The van der Waals surface area contributed by atoms with E-state index < -0.39 is 16.9 Å². The van der Waals surface area contributed by atoms with Gasteiger partial charge in [0.2, 0.25) is 5.16 Å². The fourth-order valence-electron chi connectivity index (χ4n) is 2.43. The first-order valence-electron chi connectivity index (χ1n) is 7.73. The lowest BCUT2D eigenvalue weighted by Crippen LogP contribution is -2.05. The van der Waals surface area contributed by atoms with Gasteiger partial charge < -0.3 is 4.74 Å². The van der Waals surface area contributed by atoms with E-state index >= 15 is 0 Å². The van der Waals surface area contributed by atoms with E-state index in [1.165, 1.54) is 34.6 Å². The predicted octanol–water partition coefficient (Wildman–Crippen LogP) is 4.19. The summed E-state index contributed by atoms with van der Waals surface area (Å²) in [7, 11) is 0. The van der Waals surface area contributed by atoms with Crippen LogP contribution in [-0.2, 0) is 0 Å². The predicted molar refractivity (Wildman–Crippen MR) is 91.0 cm³/mol. The smallest absolute Gasteiger partial charge is 0.214 e. The lowest BCUT2D eigenvalue weighted by Gasteiger charge is -2.14. The Bertz CT molecular complexity index is 851. The van der Waals surface area contributed by atoms with Crippen LogP contribution in [0.15, 0.2) is 47.6 Å². The molecule has 0 spiro atoms. The van der Waals surface area contributed by atoms with Gasteiger partial charge in [0.1, 0.15) is 23.1 Å². The van der Waals surface area contributed by atoms with Crippen molar-refractivity contribution in [2.24, 2.45) is 0 Å². The summed E-state index contributed by atoms with van der Waals surface area (Å²) >= 11 is 1.17. The average Bonchev–Trinajstić information content (AvgIpc) is 3.03. The fraction of sp³-hybridized carbons (Fsp3) is 0.235. The number of halogens is 2. The molecule has 0 radical (unpaired) electrons. The molecule has 5 nitrogen and oxygen atoms in total. The Balaban J connectivity index is 1.93. The van der Waals surface area contributed by atoms with Gasteiger partial charge in [-0.1, -0.05) is 30.0 Å². The molecule has 1 unspecified atom stereocenters. The SMILES string of the molecule is CCOc1ccccc1-n1nnnc1SC(C)c1c(F)cccc1F. The summed E-state index contributed by atoms with van der Waals surface area (Å²) in [6.07, 6.45) is 0. The van der Waals surface area contributed by atoms with E-state index in [1.54, 1.807) is 6.92 Å². The van der Waals surface area contributed by atoms with Crippen LogP contribution in [-0.4, -0.2) is 26.8 Å². The van der Waals surface area contributed by atoms with Crippen LogP contribution in [0.3, 0.4) is 0 Å². The molecular weight excluding hydrogens is 346 g/mol.